The first-order chi connectivity index (χ1) is 8.97. The van der Waals surface area contributed by atoms with Gasteiger partial charge in [-0.05, 0) is 30.3 Å². The molecule has 0 aromatic heterocycles. The minimum Gasteiger partial charge on any atom is -0.478 e. The van der Waals surface area contributed by atoms with E-state index in [2.05, 4.69) is 15.9 Å². The summed E-state index contributed by atoms with van der Waals surface area (Å²) in [6, 6.07) is 6.92. The first-order valence-corrected chi connectivity index (χ1v) is 5.92. The predicted molar refractivity (Wildman–Crippen MR) is 67.5 cm³/mol. The molecule has 0 aliphatic heterocycles. The van der Waals surface area contributed by atoms with Crippen LogP contribution < -0.4 is 4.74 Å². The van der Waals surface area contributed by atoms with Gasteiger partial charge in [-0.15, -0.1) is 0 Å². The van der Waals surface area contributed by atoms with Crippen molar-refractivity contribution in [3.8, 4) is 11.5 Å². The second-order valence-corrected chi connectivity index (χ2v) is 4.54. The van der Waals surface area contributed by atoms with Crippen LogP contribution in [0, 0.1) is 11.6 Å². The molecule has 98 valence electrons. The molecule has 0 bridgehead atoms. The summed E-state index contributed by atoms with van der Waals surface area (Å²) in [5, 5.41) is 9.02. The molecule has 0 amide bonds. The van der Waals surface area contributed by atoms with Crippen LogP contribution in [0.15, 0.2) is 40.9 Å². The number of ether oxygens (including phenoxy) is 1. The summed E-state index contributed by atoms with van der Waals surface area (Å²) in [4.78, 5) is 11.0. The maximum atomic E-state index is 13.4. The van der Waals surface area contributed by atoms with Crippen molar-refractivity contribution in [1.82, 2.24) is 0 Å². The molecule has 0 spiro atoms. The highest BCUT2D eigenvalue weighted by atomic mass is 79.9. The molecule has 0 heterocycles. The molecule has 0 aliphatic carbocycles. The summed E-state index contributed by atoms with van der Waals surface area (Å²) >= 11 is 3.12. The molecule has 19 heavy (non-hydrogen) atoms. The van der Waals surface area contributed by atoms with E-state index in [0.717, 1.165) is 18.2 Å². The normalized spacial score (nSPS) is 10.3. The van der Waals surface area contributed by atoms with Crippen LogP contribution in [0.25, 0.3) is 0 Å². The minimum absolute atomic E-state index is 0.0693. The zero-order valence-electron chi connectivity index (χ0n) is 9.36. The molecule has 2 aromatic carbocycles. The fraction of sp³-hybridized carbons (Fsp3) is 0. The Balaban J connectivity index is 2.43. The van der Waals surface area contributed by atoms with Gasteiger partial charge in [-0.2, -0.15) is 0 Å². The third kappa shape index (κ3) is 3.08. The third-order valence-electron chi connectivity index (χ3n) is 2.29. The number of carboxylic acids is 1. The van der Waals surface area contributed by atoms with Gasteiger partial charge < -0.3 is 9.84 Å². The van der Waals surface area contributed by atoms with E-state index in [-0.39, 0.29) is 17.1 Å². The van der Waals surface area contributed by atoms with Gasteiger partial charge in [-0.25, -0.2) is 13.6 Å². The van der Waals surface area contributed by atoms with Crippen molar-refractivity contribution >= 4 is 21.9 Å². The van der Waals surface area contributed by atoms with E-state index in [1.165, 1.54) is 12.1 Å². The predicted octanol–water partition coefficient (Wildman–Crippen LogP) is 4.22. The lowest BCUT2D eigenvalue weighted by molar-refractivity contribution is 0.0694. The molecule has 0 radical (unpaired) electrons. The fourth-order valence-electron chi connectivity index (χ4n) is 1.43. The van der Waals surface area contributed by atoms with Gasteiger partial charge in [-0.1, -0.05) is 15.9 Å². The van der Waals surface area contributed by atoms with Crippen molar-refractivity contribution in [3.05, 3.63) is 58.1 Å². The first-order valence-electron chi connectivity index (χ1n) is 5.13. The Bertz CT molecular complexity index is 644. The Morgan fingerprint density at radius 2 is 1.84 bits per heavy atom. The first kappa shape index (κ1) is 13.5. The second kappa shape index (κ2) is 5.36. The molecule has 6 heteroatoms. The van der Waals surface area contributed by atoms with Gasteiger partial charge in [0.05, 0.1) is 0 Å². The van der Waals surface area contributed by atoms with Gasteiger partial charge in [0.25, 0.3) is 0 Å². The van der Waals surface area contributed by atoms with Crippen molar-refractivity contribution < 1.29 is 23.4 Å². The van der Waals surface area contributed by atoms with E-state index in [1.807, 2.05) is 0 Å². The average Bonchev–Trinajstić information content (AvgIpc) is 2.35. The number of carboxylic acid groups (broad SMARTS) is 1. The molecule has 1 N–H and O–H groups in total. The lowest BCUT2D eigenvalue weighted by atomic mass is 10.2. The van der Waals surface area contributed by atoms with Crippen LogP contribution in [-0.2, 0) is 0 Å². The Kier molecular flexibility index (Phi) is 3.80. The van der Waals surface area contributed by atoms with Crippen molar-refractivity contribution in [3.63, 3.8) is 0 Å². The summed E-state index contributed by atoms with van der Waals surface area (Å²) in [5.74, 6) is -3.12. The lowest BCUT2D eigenvalue weighted by Gasteiger charge is -2.09. The maximum Gasteiger partial charge on any atom is 0.339 e. The van der Waals surface area contributed by atoms with Gasteiger partial charge in [-0.3, -0.25) is 0 Å². The van der Waals surface area contributed by atoms with Crippen LogP contribution in [-0.4, -0.2) is 11.1 Å². The number of carbonyl (C=O) groups is 1. The highest BCUT2D eigenvalue weighted by Gasteiger charge is 2.14. The Morgan fingerprint density at radius 3 is 2.53 bits per heavy atom. The number of benzene rings is 2. The van der Waals surface area contributed by atoms with Crippen LogP contribution >= 0.6 is 15.9 Å². The van der Waals surface area contributed by atoms with Crippen molar-refractivity contribution in [1.29, 1.82) is 0 Å². The molecule has 3 nitrogen and oxygen atoms in total. The molecule has 0 fully saturated rings. The van der Waals surface area contributed by atoms with E-state index in [9.17, 15) is 13.6 Å². The molecular formula is C13H7BrF2O3. The SMILES string of the molecule is O=C(O)c1cc(Br)ccc1Oc1cc(F)ccc1F. The minimum atomic E-state index is -1.23. The van der Waals surface area contributed by atoms with E-state index >= 15 is 0 Å². The van der Waals surface area contributed by atoms with E-state index in [4.69, 9.17) is 9.84 Å². The molecule has 0 atom stereocenters. The molecule has 0 unspecified atom stereocenters. The maximum absolute atomic E-state index is 13.4. The van der Waals surface area contributed by atoms with Gasteiger partial charge in [0.2, 0.25) is 0 Å². The quantitative estimate of drug-likeness (QED) is 0.917. The van der Waals surface area contributed by atoms with E-state index in [1.54, 1.807) is 6.07 Å². The van der Waals surface area contributed by atoms with Crippen molar-refractivity contribution in [2.24, 2.45) is 0 Å². The van der Waals surface area contributed by atoms with Crippen molar-refractivity contribution in [2.75, 3.05) is 0 Å². The van der Waals surface area contributed by atoms with Gasteiger partial charge in [0, 0.05) is 10.5 Å². The summed E-state index contributed by atoms with van der Waals surface area (Å²) in [6.07, 6.45) is 0. The zero-order valence-corrected chi connectivity index (χ0v) is 10.9. The van der Waals surface area contributed by atoms with E-state index < -0.39 is 17.6 Å². The van der Waals surface area contributed by atoms with Crippen LogP contribution in [0.4, 0.5) is 8.78 Å². The summed E-state index contributed by atoms with van der Waals surface area (Å²) < 4.78 is 32.1. The summed E-state index contributed by atoms with van der Waals surface area (Å²) in [5.41, 5.74) is -0.155. The third-order valence-corrected chi connectivity index (χ3v) is 2.78. The molecule has 2 rings (SSSR count). The smallest absolute Gasteiger partial charge is 0.339 e. The molecule has 0 saturated carbocycles. The number of halogens is 3. The van der Waals surface area contributed by atoms with Gasteiger partial charge in [0.1, 0.15) is 17.1 Å². The summed E-state index contributed by atoms with van der Waals surface area (Å²) in [7, 11) is 0. The Labute approximate surface area is 115 Å². The number of rotatable bonds is 3. The summed E-state index contributed by atoms with van der Waals surface area (Å²) in [6.45, 7) is 0. The van der Waals surface area contributed by atoms with Crippen LogP contribution in [0.1, 0.15) is 10.4 Å². The van der Waals surface area contributed by atoms with Crippen LogP contribution in [0.2, 0.25) is 0 Å². The lowest BCUT2D eigenvalue weighted by Crippen LogP contribution is -2.01. The van der Waals surface area contributed by atoms with Crippen LogP contribution in [0.5, 0.6) is 11.5 Å². The number of hydrogen-bond acceptors (Lipinski definition) is 2. The zero-order chi connectivity index (χ0) is 14.0. The second-order valence-electron chi connectivity index (χ2n) is 3.62. The topological polar surface area (TPSA) is 46.5 Å². The fourth-order valence-corrected chi connectivity index (χ4v) is 1.79. The number of aromatic carboxylic acids is 1. The molecule has 0 saturated heterocycles. The van der Waals surface area contributed by atoms with Crippen molar-refractivity contribution in [2.45, 2.75) is 0 Å². The standard InChI is InChI=1S/C13H7BrF2O3/c14-7-1-4-11(9(5-7)13(17)18)19-12-6-8(15)2-3-10(12)16/h1-6H,(H,17,18). The largest absolute Gasteiger partial charge is 0.478 e. The highest BCUT2D eigenvalue weighted by molar-refractivity contribution is 9.10. The van der Waals surface area contributed by atoms with Gasteiger partial charge >= 0.3 is 5.97 Å². The average molecular weight is 329 g/mol. The van der Waals surface area contributed by atoms with E-state index in [0.29, 0.717) is 4.47 Å². The monoisotopic (exact) mass is 328 g/mol. The number of hydrogen-bond donors (Lipinski definition) is 1. The Morgan fingerprint density at radius 1 is 1.11 bits per heavy atom. The molecule has 2 aromatic rings. The Hall–Kier alpha value is -1.95. The molecular weight excluding hydrogens is 322 g/mol. The molecule has 0 aliphatic rings. The van der Waals surface area contributed by atoms with Crippen LogP contribution in [0.3, 0.4) is 0 Å². The highest BCUT2D eigenvalue weighted by Crippen LogP contribution is 2.30. The van der Waals surface area contributed by atoms with Gasteiger partial charge in [0.15, 0.2) is 11.6 Å².